The number of fused-ring (bicyclic) bond motifs is 1. The fourth-order valence-electron chi connectivity index (χ4n) is 2.94. The van der Waals surface area contributed by atoms with Gasteiger partial charge in [-0.05, 0) is 24.3 Å². The molecule has 0 saturated heterocycles. The molecule has 1 aliphatic rings. The van der Waals surface area contributed by atoms with Crippen molar-refractivity contribution in [3.05, 3.63) is 42.4 Å². The molecular formula is C16H16N4O. The summed E-state index contributed by atoms with van der Waals surface area (Å²) in [5.74, 6) is 1.20. The highest BCUT2D eigenvalue weighted by molar-refractivity contribution is 5.92. The summed E-state index contributed by atoms with van der Waals surface area (Å²) in [7, 11) is 0. The molecule has 0 radical (unpaired) electrons. The van der Waals surface area contributed by atoms with Gasteiger partial charge in [0, 0.05) is 18.1 Å². The van der Waals surface area contributed by atoms with Crippen LogP contribution in [0.2, 0.25) is 0 Å². The molecule has 1 aliphatic carbocycles. The molecule has 0 aliphatic heterocycles. The molecule has 0 unspecified atom stereocenters. The van der Waals surface area contributed by atoms with Crippen molar-refractivity contribution in [2.24, 2.45) is 5.73 Å². The molecule has 0 atom stereocenters. The Morgan fingerprint density at radius 1 is 1.19 bits per heavy atom. The van der Waals surface area contributed by atoms with Crippen LogP contribution in [-0.2, 0) is 5.41 Å². The van der Waals surface area contributed by atoms with E-state index < -0.39 is 0 Å². The maximum Gasteiger partial charge on any atom is 0.234 e. The van der Waals surface area contributed by atoms with Crippen LogP contribution in [0.1, 0.15) is 25.2 Å². The maximum absolute atomic E-state index is 5.90. The Hall–Kier alpha value is -2.27. The fraction of sp³-hybridized carbons (Fsp3) is 0.312. The number of pyridine rings is 1. The van der Waals surface area contributed by atoms with E-state index in [2.05, 4.69) is 21.2 Å². The second-order valence-corrected chi connectivity index (χ2v) is 5.64. The van der Waals surface area contributed by atoms with Gasteiger partial charge in [0.15, 0.2) is 0 Å². The molecule has 1 aromatic carbocycles. The van der Waals surface area contributed by atoms with Crippen LogP contribution in [-0.4, -0.2) is 21.7 Å². The topological polar surface area (TPSA) is 77.8 Å². The van der Waals surface area contributed by atoms with Crippen molar-refractivity contribution in [3.63, 3.8) is 0 Å². The van der Waals surface area contributed by atoms with Crippen LogP contribution in [0.25, 0.3) is 22.3 Å². The smallest absolute Gasteiger partial charge is 0.234 e. The molecule has 1 fully saturated rings. The molecule has 3 aromatic rings. The number of benzene rings is 1. The van der Waals surface area contributed by atoms with E-state index in [4.69, 9.17) is 10.3 Å². The number of nitrogens with zero attached hydrogens (tertiary/aromatic N) is 3. The third-order valence-corrected chi connectivity index (χ3v) is 4.47. The maximum atomic E-state index is 5.90. The Kier molecular flexibility index (Phi) is 2.75. The summed E-state index contributed by atoms with van der Waals surface area (Å²) < 4.78 is 5.49. The van der Waals surface area contributed by atoms with Gasteiger partial charge >= 0.3 is 0 Å². The SMILES string of the molecule is NCC1(c2nc(-c3nccc4ccccc34)no2)CCC1. The van der Waals surface area contributed by atoms with E-state index in [0.29, 0.717) is 18.3 Å². The lowest BCUT2D eigenvalue weighted by Crippen LogP contribution is -2.41. The van der Waals surface area contributed by atoms with Crippen molar-refractivity contribution in [1.82, 2.24) is 15.1 Å². The minimum Gasteiger partial charge on any atom is -0.338 e. The molecule has 4 rings (SSSR count). The van der Waals surface area contributed by atoms with Crippen LogP contribution in [0.3, 0.4) is 0 Å². The lowest BCUT2D eigenvalue weighted by Gasteiger charge is -2.36. The monoisotopic (exact) mass is 280 g/mol. The third-order valence-electron chi connectivity index (χ3n) is 4.47. The predicted octanol–water partition coefficient (Wildman–Crippen LogP) is 2.67. The van der Waals surface area contributed by atoms with Crippen LogP contribution in [0.15, 0.2) is 41.1 Å². The summed E-state index contributed by atoms with van der Waals surface area (Å²) in [6.07, 6.45) is 4.99. The number of hydrogen-bond donors (Lipinski definition) is 1. The lowest BCUT2D eigenvalue weighted by atomic mass is 9.69. The van der Waals surface area contributed by atoms with Crippen molar-refractivity contribution in [2.45, 2.75) is 24.7 Å². The third kappa shape index (κ3) is 1.85. The van der Waals surface area contributed by atoms with Gasteiger partial charge in [0.05, 0.1) is 5.41 Å². The van der Waals surface area contributed by atoms with Gasteiger partial charge in [0.25, 0.3) is 0 Å². The second-order valence-electron chi connectivity index (χ2n) is 5.64. The van der Waals surface area contributed by atoms with E-state index in [1.54, 1.807) is 6.20 Å². The first-order chi connectivity index (χ1) is 10.3. The molecule has 1 saturated carbocycles. The molecular weight excluding hydrogens is 264 g/mol. The van der Waals surface area contributed by atoms with Gasteiger partial charge in [0.2, 0.25) is 11.7 Å². The Morgan fingerprint density at radius 2 is 2.05 bits per heavy atom. The summed E-state index contributed by atoms with van der Waals surface area (Å²) in [4.78, 5) is 9.00. The summed E-state index contributed by atoms with van der Waals surface area (Å²) >= 11 is 0. The molecule has 0 spiro atoms. The van der Waals surface area contributed by atoms with E-state index in [9.17, 15) is 0 Å². The minimum absolute atomic E-state index is 0.115. The highest BCUT2D eigenvalue weighted by Gasteiger charge is 2.42. The van der Waals surface area contributed by atoms with E-state index in [-0.39, 0.29) is 5.41 Å². The molecule has 5 heteroatoms. The van der Waals surface area contributed by atoms with Gasteiger partial charge in [-0.3, -0.25) is 4.98 Å². The Balaban J connectivity index is 1.81. The molecule has 5 nitrogen and oxygen atoms in total. The molecule has 21 heavy (non-hydrogen) atoms. The Labute approximate surface area is 122 Å². The molecule has 2 N–H and O–H groups in total. The summed E-state index contributed by atoms with van der Waals surface area (Å²) in [6.45, 7) is 0.553. The zero-order valence-corrected chi connectivity index (χ0v) is 11.6. The molecule has 2 aromatic heterocycles. The first kappa shape index (κ1) is 12.5. The number of nitrogens with two attached hydrogens (primary N) is 1. The molecule has 0 amide bonds. The van der Waals surface area contributed by atoms with Gasteiger partial charge in [-0.1, -0.05) is 35.8 Å². The highest BCUT2D eigenvalue weighted by atomic mass is 16.5. The first-order valence-electron chi connectivity index (χ1n) is 7.21. The summed E-state index contributed by atoms with van der Waals surface area (Å²) in [5.41, 5.74) is 6.54. The minimum atomic E-state index is -0.115. The van der Waals surface area contributed by atoms with Crippen molar-refractivity contribution in [1.29, 1.82) is 0 Å². The van der Waals surface area contributed by atoms with Crippen molar-refractivity contribution < 1.29 is 4.52 Å². The Morgan fingerprint density at radius 3 is 2.81 bits per heavy atom. The second kappa shape index (κ2) is 4.63. The van der Waals surface area contributed by atoms with Crippen molar-refractivity contribution in [2.75, 3.05) is 6.54 Å². The predicted molar refractivity (Wildman–Crippen MR) is 79.6 cm³/mol. The van der Waals surface area contributed by atoms with E-state index in [1.807, 2.05) is 24.3 Å². The highest BCUT2D eigenvalue weighted by Crippen LogP contribution is 2.42. The van der Waals surface area contributed by atoms with Gasteiger partial charge in [-0.15, -0.1) is 0 Å². The summed E-state index contributed by atoms with van der Waals surface area (Å²) in [6, 6.07) is 10.0. The molecule has 106 valence electrons. The van der Waals surface area contributed by atoms with Gasteiger partial charge < -0.3 is 10.3 Å². The zero-order chi connectivity index (χ0) is 14.3. The summed E-state index contributed by atoms with van der Waals surface area (Å²) in [5, 5.41) is 6.28. The van der Waals surface area contributed by atoms with E-state index >= 15 is 0 Å². The molecule has 2 heterocycles. The normalized spacial score (nSPS) is 16.8. The van der Waals surface area contributed by atoms with Gasteiger partial charge in [-0.2, -0.15) is 4.98 Å². The van der Waals surface area contributed by atoms with Crippen molar-refractivity contribution >= 4 is 10.8 Å². The van der Waals surface area contributed by atoms with E-state index in [0.717, 1.165) is 29.3 Å². The van der Waals surface area contributed by atoms with Crippen LogP contribution < -0.4 is 5.73 Å². The lowest BCUT2D eigenvalue weighted by molar-refractivity contribution is 0.182. The van der Waals surface area contributed by atoms with E-state index in [1.165, 1.54) is 6.42 Å². The first-order valence-corrected chi connectivity index (χ1v) is 7.21. The van der Waals surface area contributed by atoms with Crippen LogP contribution in [0.4, 0.5) is 0 Å². The standard InChI is InChI=1S/C16H16N4O/c17-10-16(7-3-8-16)15-19-14(20-21-15)13-12-5-2-1-4-11(12)6-9-18-13/h1-2,4-6,9H,3,7-8,10,17H2. The number of aromatic nitrogens is 3. The van der Waals surface area contributed by atoms with Crippen LogP contribution in [0, 0.1) is 0 Å². The average Bonchev–Trinajstić information content (AvgIpc) is 2.96. The quantitative estimate of drug-likeness (QED) is 0.798. The Bertz CT molecular complexity index is 781. The number of rotatable bonds is 3. The zero-order valence-electron chi connectivity index (χ0n) is 11.6. The van der Waals surface area contributed by atoms with Gasteiger partial charge in [-0.25, -0.2) is 0 Å². The molecule has 0 bridgehead atoms. The largest absolute Gasteiger partial charge is 0.338 e. The van der Waals surface area contributed by atoms with Gasteiger partial charge in [0.1, 0.15) is 5.69 Å². The fourth-order valence-corrected chi connectivity index (χ4v) is 2.94. The number of hydrogen-bond acceptors (Lipinski definition) is 5. The van der Waals surface area contributed by atoms with Crippen LogP contribution >= 0.6 is 0 Å². The van der Waals surface area contributed by atoms with Crippen LogP contribution in [0.5, 0.6) is 0 Å². The van der Waals surface area contributed by atoms with Crippen molar-refractivity contribution in [3.8, 4) is 11.5 Å². The average molecular weight is 280 g/mol.